The van der Waals surface area contributed by atoms with Crippen molar-refractivity contribution < 1.29 is 14.3 Å². The molecular formula is C22H19ClN2O3S. The topological polar surface area (TPSA) is 59.0 Å². The van der Waals surface area contributed by atoms with Crippen LogP contribution in [0.1, 0.15) is 31.0 Å². The molecule has 0 aliphatic carbocycles. The van der Waals surface area contributed by atoms with Crippen LogP contribution in [0.3, 0.4) is 0 Å². The van der Waals surface area contributed by atoms with Gasteiger partial charge in [0.2, 0.25) is 5.91 Å². The first-order valence-electron chi connectivity index (χ1n) is 9.21. The van der Waals surface area contributed by atoms with E-state index < -0.39 is 12.0 Å². The average Bonchev–Trinajstić information content (AvgIpc) is 3.00. The second-order valence-electron chi connectivity index (χ2n) is 6.88. The number of ether oxygens (including phenoxy) is 1. The highest BCUT2D eigenvalue weighted by Gasteiger charge is 2.46. The number of amidine groups is 1. The maximum atomic E-state index is 13.1. The Kier molecular flexibility index (Phi) is 5.48. The molecule has 0 aromatic heterocycles. The fourth-order valence-corrected chi connectivity index (χ4v) is 4.58. The summed E-state index contributed by atoms with van der Waals surface area (Å²) in [6.45, 7) is 3.77. The molecule has 1 amide bonds. The lowest BCUT2D eigenvalue weighted by molar-refractivity contribution is -0.141. The molecule has 0 spiro atoms. The number of hydrogen-bond acceptors (Lipinski definition) is 5. The number of hydrogen-bond donors (Lipinski definition) is 0. The molecule has 5 nitrogen and oxygen atoms in total. The zero-order chi connectivity index (χ0) is 20.5. The average molecular weight is 427 g/mol. The monoisotopic (exact) mass is 426 g/mol. The van der Waals surface area contributed by atoms with E-state index in [-0.39, 0.29) is 17.8 Å². The van der Waals surface area contributed by atoms with Crippen LogP contribution in [0, 0.1) is 0 Å². The molecule has 2 aliphatic heterocycles. The molecule has 2 aliphatic rings. The molecule has 2 heterocycles. The highest BCUT2D eigenvalue weighted by Crippen LogP contribution is 2.43. The Morgan fingerprint density at radius 2 is 1.86 bits per heavy atom. The molecule has 7 heteroatoms. The van der Waals surface area contributed by atoms with Crippen LogP contribution in [0.2, 0.25) is 5.02 Å². The van der Waals surface area contributed by atoms with Gasteiger partial charge in [-0.2, -0.15) is 0 Å². The van der Waals surface area contributed by atoms with Gasteiger partial charge >= 0.3 is 5.97 Å². The third-order valence-electron chi connectivity index (χ3n) is 4.88. The minimum absolute atomic E-state index is 0.0745. The van der Waals surface area contributed by atoms with E-state index in [2.05, 4.69) is 4.99 Å². The van der Waals surface area contributed by atoms with Gasteiger partial charge in [0.15, 0.2) is 5.17 Å². The van der Waals surface area contributed by atoms with Gasteiger partial charge in [0.05, 0.1) is 22.6 Å². The summed E-state index contributed by atoms with van der Waals surface area (Å²) in [4.78, 5) is 32.1. The van der Waals surface area contributed by atoms with Gasteiger partial charge in [-0.15, -0.1) is 0 Å². The number of thioether (sulfide) groups is 1. The molecule has 0 radical (unpaired) electrons. The number of esters is 1. The fraction of sp³-hybridized carbons (Fsp3) is 0.227. The van der Waals surface area contributed by atoms with Crippen LogP contribution in [-0.4, -0.2) is 27.2 Å². The second kappa shape index (κ2) is 8.05. The van der Waals surface area contributed by atoms with E-state index in [0.717, 1.165) is 11.1 Å². The van der Waals surface area contributed by atoms with E-state index in [4.69, 9.17) is 16.3 Å². The number of nitrogens with zero attached hydrogens (tertiary/aromatic N) is 2. The zero-order valence-electron chi connectivity index (χ0n) is 16.0. The van der Waals surface area contributed by atoms with Crippen molar-refractivity contribution in [2.24, 2.45) is 4.99 Å². The number of aliphatic imine (C=N–C) groups is 1. The number of benzene rings is 2. The van der Waals surface area contributed by atoms with E-state index in [0.29, 0.717) is 21.5 Å². The summed E-state index contributed by atoms with van der Waals surface area (Å²) in [6.07, 6.45) is 0. The van der Waals surface area contributed by atoms with Crippen molar-refractivity contribution in [1.82, 2.24) is 4.90 Å². The molecule has 29 heavy (non-hydrogen) atoms. The molecule has 1 saturated heterocycles. The lowest BCUT2D eigenvalue weighted by Gasteiger charge is -2.33. The predicted octanol–water partition coefficient (Wildman–Crippen LogP) is 4.73. The Bertz CT molecular complexity index is 1020. The van der Waals surface area contributed by atoms with Gasteiger partial charge < -0.3 is 4.74 Å². The largest absolute Gasteiger partial charge is 0.457 e. The first kappa shape index (κ1) is 19.7. The van der Waals surface area contributed by atoms with Crippen LogP contribution in [-0.2, 0) is 20.9 Å². The van der Waals surface area contributed by atoms with Gasteiger partial charge in [-0.05, 0) is 37.1 Å². The molecule has 2 aromatic carbocycles. The third kappa shape index (κ3) is 3.82. The standard InChI is InChI=1S/C22H19ClN2O3S/c1-13-18(21(27)28-12-15-6-4-3-5-7-15)19(16-8-10-17(23)11-9-16)25-20(26)14(2)29-22(25)24-13/h3-11,14,19H,12H2,1-2H3/t14-,19-/m1/s1. The summed E-state index contributed by atoms with van der Waals surface area (Å²) in [5.41, 5.74) is 2.61. The second-order valence-corrected chi connectivity index (χ2v) is 8.62. The van der Waals surface area contributed by atoms with E-state index in [1.165, 1.54) is 11.8 Å². The van der Waals surface area contributed by atoms with Gasteiger partial charge in [0, 0.05) is 5.02 Å². The van der Waals surface area contributed by atoms with Crippen LogP contribution in [0.15, 0.2) is 70.9 Å². The molecular weight excluding hydrogens is 408 g/mol. The Morgan fingerprint density at radius 3 is 2.55 bits per heavy atom. The number of carbonyl (C=O) groups excluding carboxylic acids is 2. The lowest BCUT2D eigenvalue weighted by atomic mass is 9.94. The van der Waals surface area contributed by atoms with Crippen molar-refractivity contribution in [2.75, 3.05) is 0 Å². The molecule has 0 unspecified atom stereocenters. The maximum absolute atomic E-state index is 13.1. The normalized spacial score (nSPS) is 21.1. The van der Waals surface area contributed by atoms with Gasteiger partial charge in [0.1, 0.15) is 6.61 Å². The summed E-state index contributed by atoms with van der Waals surface area (Å²) in [5.74, 6) is -0.555. The van der Waals surface area contributed by atoms with Gasteiger partial charge in [-0.1, -0.05) is 65.8 Å². The quantitative estimate of drug-likeness (QED) is 0.663. The van der Waals surface area contributed by atoms with Crippen LogP contribution >= 0.6 is 23.4 Å². The molecule has 2 aromatic rings. The fourth-order valence-electron chi connectivity index (χ4n) is 3.43. The highest BCUT2D eigenvalue weighted by atomic mass is 35.5. The Balaban J connectivity index is 1.71. The number of carbonyl (C=O) groups is 2. The summed E-state index contributed by atoms with van der Waals surface area (Å²) in [5, 5.41) is 0.943. The van der Waals surface area contributed by atoms with Gasteiger partial charge in [0.25, 0.3) is 0 Å². The Labute approximate surface area is 178 Å². The Hall–Kier alpha value is -2.57. The van der Waals surface area contributed by atoms with E-state index in [1.54, 1.807) is 24.0 Å². The van der Waals surface area contributed by atoms with E-state index in [1.807, 2.05) is 49.4 Å². The number of halogens is 1. The third-order valence-corrected chi connectivity index (χ3v) is 6.18. The molecule has 1 fully saturated rings. The minimum Gasteiger partial charge on any atom is -0.457 e. The summed E-state index contributed by atoms with van der Waals surface area (Å²) in [7, 11) is 0. The first-order valence-corrected chi connectivity index (χ1v) is 10.5. The summed E-state index contributed by atoms with van der Waals surface area (Å²) in [6, 6.07) is 16.0. The number of rotatable bonds is 4. The van der Waals surface area contributed by atoms with Crippen LogP contribution in [0.4, 0.5) is 0 Å². The SMILES string of the molecule is CC1=C(C(=O)OCc2ccccc2)[C@@H](c2ccc(Cl)cc2)N2C(=O)[C@@H](C)SC2=N1. The van der Waals surface area contributed by atoms with E-state index in [9.17, 15) is 9.59 Å². The van der Waals surface area contributed by atoms with Gasteiger partial charge in [-0.25, -0.2) is 9.79 Å². The van der Waals surface area contributed by atoms with Crippen molar-refractivity contribution in [3.8, 4) is 0 Å². The summed E-state index contributed by atoms with van der Waals surface area (Å²) >= 11 is 7.45. The predicted molar refractivity (Wildman–Crippen MR) is 114 cm³/mol. The molecule has 2 atom stereocenters. The molecule has 0 saturated carbocycles. The lowest BCUT2D eigenvalue weighted by Crippen LogP contribution is -2.40. The van der Waals surface area contributed by atoms with Crippen molar-refractivity contribution >= 4 is 40.4 Å². The van der Waals surface area contributed by atoms with Crippen molar-refractivity contribution in [3.05, 3.63) is 82.0 Å². The molecule has 0 bridgehead atoms. The first-order chi connectivity index (χ1) is 14.0. The summed E-state index contributed by atoms with van der Waals surface area (Å²) < 4.78 is 5.59. The van der Waals surface area contributed by atoms with Crippen LogP contribution in [0.25, 0.3) is 0 Å². The number of allylic oxidation sites excluding steroid dienone is 1. The Morgan fingerprint density at radius 1 is 1.17 bits per heavy atom. The van der Waals surface area contributed by atoms with Crippen LogP contribution < -0.4 is 0 Å². The molecule has 4 rings (SSSR count). The molecule has 0 N–H and O–H groups in total. The van der Waals surface area contributed by atoms with Crippen molar-refractivity contribution in [3.63, 3.8) is 0 Å². The highest BCUT2D eigenvalue weighted by molar-refractivity contribution is 8.15. The number of amides is 1. The zero-order valence-corrected chi connectivity index (χ0v) is 17.5. The molecule has 148 valence electrons. The van der Waals surface area contributed by atoms with E-state index >= 15 is 0 Å². The smallest absolute Gasteiger partial charge is 0.338 e. The van der Waals surface area contributed by atoms with Crippen LogP contribution in [0.5, 0.6) is 0 Å². The maximum Gasteiger partial charge on any atom is 0.338 e. The van der Waals surface area contributed by atoms with Crippen molar-refractivity contribution in [1.29, 1.82) is 0 Å². The number of fused-ring (bicyclic) bond motifs is 1. The van der Waals surface area contributed by atoms with Gasteiger partial charge in [-0.3, -0.25) is 9.69 Å². The van der Waals surface area contributed by atoms with Crippen molar-refractivity contribution in [2.45, 2.75) is 31.7 Å². The minimum atomic E-state index is -0.590.